The molecule has 1 heterocycles. The number of carbonyl (C=O) groups excluding carboxylic acids is 2. The lowest BCUT2D eigenvalue weighted by Gasteiger charge is -2.24. The van der Waals surface area contributed by atoms with Gasteiger partial charge in [0.2, 0.25) is 11.5 Å². The van der Waals surface area contributed by atoms with Crippen LogP contribution in [0, 0.1) is 0 Å². The second-order valence-corrected chi connectivity index (χ2v) is 4.55. The highest BCUT2D eigenvalue weighted by atomic mass is 16.6. The molecule has 1 aliphatic rings. The summed E-state index contributed by atoms with van der Waals surface area (Å²) in [7, 11) is 1.25. The van der Waals surface area contributed by atoms with E-state index in [9.17, 15) is 9.59 Å². The van der Waals surface area contributed by atoms with Crippen molar-refractivity contribution in [3.8, 4) is 0 Å². The van der Waals surface area contributed by atoms with E-state index in [1.54, 1.807) is 6.92 Å². The van der Waals surface area contributed by atoms with Crippen molar-refractivity contribution in [3.63, 3.8) is 0 Å². The average Bonchev–Trinajstić information content (AvgIpc) is 2.75. The average molecular weight is 260 g/mol. The Morgan fingerprint density at radius 1 is 1.42 bits per heavy atom. The first-order valence-electron chi connectivity index (χ1n) is 6.14. The smallest absolute Gasteiger partial charge is 0.373 e. The first-order valence-corrected chi connectivity index (χ1v) is 6.14. The normalized spacial score (nSPS) is 21.8. The third-order valence-electron chi connectivity index (χ3n) is 3.32. The third-order valence-corrected chi connectivity index (χ3v) is 3.32. The number of hydrogen-bond donors (Lipinski definition) is 0. The van der Waals surface area contributed by atoms with Gasteiger partial charge < -0.3 is 9.47 Å². The number of carbonyl (C=O) groups is 2. The largest absolute Gasteiger partial charge is 0.467 e. The Bertz CT molecular complexity index is 559. The number of ether oxygens (including phenoxy) is 2. The number of benzene rings is 1. The zero-order valence-electron chi connectivity index (χ0n) is 11.2. The zero-order chi connectivity index (χ0) is 14.0. The van der Waals surface area contributed by atoms with E-state index in [1.807, 2.05) is 31.2 Å². The predicted octanol–water partition coefficient (Wildman–Crippen LogP) is 2.12. The van der Waals surface area contributed by atoms with Crippen LogP contribution in [0.4, 0.5) is 0 Å². The summed E-state index contributed by atoms with van der Waals surface area (Å²) in [5.41, 5.74) is 0.711. The molecule has 1 aromatic carbocycles. The first kappa shape index (κ1) is 13.3. The molecule has 0 spiro atoms. The van der Waals surface area contributed by atoms with Crippen LogP contribution in [0.25, 0.3) is 0 Å². The highest BCUT2D eigenvalue weighted by Gasteiger charge is 2.44. The van der Waals surface area contributed by atoms with Gasteiger partial charge in [-0.3, -0.25) is 4.79 Å². The monoisotopic (exact) mass is 260 g/mol. The van der Waals surface area contributed by atoms with Gasteiger partial charge in [-0.2, -0.15) is 0 Å². The van der Waals surface area contributed by atoms with Gasteiger partial charge in [-0.1, -0.05) is 31.2 Å². The number of rotatable bonds is 3. The maximum atomic E-state index is 12.1. The molecule has 1 aromatic rings. The summed E-state index contributed by atoms with van der Waals surface area (Å²) in [6.07, 6.45) is 2.07. The van der Waals surface area contributed by atoms with Crippen LogP contribution in [0.3, 0.4) is 0 Å². The van der Waals surface area contributed by atoms with E-state index in [1.165, 1.54) is 13.2 Å². The summed E-state index contributed by atoms with van der Waals surface area (Å²) in [6.45, 7) is 3.70. The van der Waals surface area contributed by atoms with E-state index >= 15 is 0 Å². The minimum atomic E-state index is -1.14. The molecule has 2 rings (SSSR count). The van der Waals surface area contributed by atoms with Gasteiger partial charge in [0.1, 0.15) is 0 Å². The van der Waals surface area contributed by atoms with Crippen LogP contribution >= 0.6 is 0 Å². The van der Waals surface area contributed by atoms with Crippen molar-refractivity contribution in [2.24, 2.45) is 0 Å². The Kier molecular flexibility index (Phi) is 3.42. The summed E-state index contributed by atoms with van der Waals surface area (Å²) >= 11 is 0. The van der Waals surface area contributed by atoms with Gasteiger partial charge in [0, 0.05) is 11.6 Å². The molecule has 0 saturated carbocycles. The Labute approximate surface area is 112 Å². The van der Waals surface area contributed by atoms with Gasteiger partial charge in [-0.15, -0.1) is 0 Å². The molecule has 19 heavy (non-hydrogen) atoms. The van der Waals surface area contributed by atoms with Gasteiger partial charge in [-0.05, 0) is 18.9 Å². The fourth-order valence-electron chi connectivity index (χ4n) is 2.05. The van der Waals surface area contributed by atoms with Crippen LogP contribution in [0.1, 0.15) is 25.0 Å². The molecule has 0 radical (unpaired) electrons. The summed E-state index contributed by atoms with van der Waals surface area (Å²) in [5.74, 6) is -0.929. The van der Waals surface area contributed by atoms with Crippen LogP contribution in [0.5, 0.6) is 0 Å². The summed E-state index contributed by atoms with van der Waals surface area (Å²) in [6, 6.07) is 7.62. The minimum absolute atomic E-state index is 0.0445. The predicted molar refractivity (Wildman–Crippen MR) is 69.4 cm³/mol. The number of methoxy groups -OCH3 is 1. The highest BCUT2D eigenvalue weighted by Crippen LogP contribution is 2.35. The molecule has 0 aliphatic carbocycles. The molecule has 0 saturated heterocycles. The van der Waals surface area contributed by atoms with Crippen LogP contribution in [0.2, 0.25) is 0 Å². The Morgan fingerprint density at radius 2 is 2.16 bits per heavy atom. The SMILES string of the molecule is CCc1cccc(C2(C)OC(C(=O)OC)=CC2=O)c1. The van der Waals surface area contributed by atoms with E-state index in [0.29, 0.717) is 0 Å². The van der Waals surface area contributed by atoms with Crippen molar-refractivity contribution in [2.45, 2.75) is 25.9 Å². The molecule has 0 fully saturated rings. The number of esters is 1. The van der Waals surface area contributed by atoms with Gasteiger partial charge in [-0.25, -0.2) is 4.79 Å². The molecule has 0 aromatic heterocycles. The van der Waals surface area contributed by atoms with Gasteiger partial charge in [0.15, 0.2) is 5.60 Å². The maximum Gasteiger partial charge on any atom is 0.373 e. The van der Waals surface area contributed by atoms with Crippen molar-refractivity contribution in [3.05, 3.63) is 47.2 Å². The Hall–Kier alpha value is -2.10. The van der Waals surface area contributed by atoms with Crippen molar-refractivity contribution in [1.29, 1.82) is 0 Å². The Morgan fingerprint density at radius 3 is 2.79 bits per heavy atom. The van der Waals surface area contributed by atoms with Crippen LogP contribution in [-0.2, 0) is 31.1 Å². The van der Waals surface area contributed by atoms with Gasteiger partial charge in [0.05, 0.1) is 7.11 Å². The molecule has 100 valence electrons. The molecule has 4 heteroatoms. The summed E-state index contributed by atoms with van der Waals surface area (Å²) in [4.78, 5) is 23.6. The number of aryl methyl sites for hydroxylation is 1. The molecule has 4 nitrogen and oxygen atoms in total. The van der Waals surface area contributed by atoms with Crippen molar-refractivity contribution in [2.75, 3.05) is 7.11 Å². The van der Waals surface area contributed by atoms with Crippen LogP contribution in [-0.4, -0.2) is 18.9 Å². The first-order chi connectivity index (χ1) is 9.01. The van der Waals surface area contributed by atoms with E-state index < -0.39 is 11.6 Å². The highest BCUT2D eigenvalue weighted by molar-refractivity contribution is 6.06. The van der Waals surface area contributed by atoms with E-state index in [2.05, 4.69) is 4.74 Å². The number of ketones is 1. The molecule has 0 bridgehead atoms. The maximum absolute atomic E-state index is 12.1. The molecule has 1 atom stereocenters. The summed E-state index contributed by atoms with van der Waals surface area (Å²) < 4.78 is 10.1. The number of hydrogen-bond acceptors (Lipinski definition) is 4. The lowest BCUT2D eigenvalue weighted by atomic mass is 9.91. The lowest BCUT2D eigenvalue weighted by molar-refractivity contribution is -0.144. The van der Waals surface area contributed by atoms with Crippen molar-refractivity contribution < 1.29 is 19.1 Å². The quantitative estimate of drug-likeness (QED) is 0.781. The fourth-order valence-corrected chi connectivity index (χ4v) is 2.05. The topological polar surface area (TPSA) is 52.6 Å². The molecule has 1 aliphatic heterocycles. The fraction of sp³-hybridized carbons (Fsp3) is 0.333. The molecular formula is C15H16O4. The second kappa shape index (κ2) is 4.88. The standard InChI is InChI=1S/C15H16O4/c1-4-10-6-5-7-11(8-10)15(2)13(16)9-12(19-15)14(17)18-3/h5-9H,4H2,1-3H3. The third kappa shape index (κ3) is 2.26. The van der Waals surface area contributed by atoms with Crippen LogP contribution < -0.4 is 0 Å². The zero-order valence-corrected chi connectivity index (χ0v) is 11.2. The molecule has 0 N–H and O–H groups in total. The van der Waals surface area contributed by atoms with Gasteiger partial charge >= 0.3 is 5.97 Å². The summed E-state index contributed by atoms with van der Waals surface area (Å²) in [5, 5.41) is 0. The van der Waals surface area contributed by atoms with Crippen molar-refractivity contribution in [1.82, 2.24) is 0 Å². The van der Waals surface area contributed by atoms with E-state index in [4.69, 9.17) is 4.74 Å². The van der Waals surface area contributed by atoms with Gasteiger partial charge in [0.25, 0.3) is 0 Å². The minimum Gasteiger partial charge on any atom is -0.467 e. The van der Waals surface area contributed by atoms with E-state index in [0.717, 1.165) is 17.5 Å². The van der Waals surface area contributed by atoms with E-state index in [-0.39, 0.29) is 11.5 Å². The van der Waals surface area contributed by atoms with Crippen molar-refractivity contribution >= 4 is 11.8 Å². The molecule has 1 unspecified atom stereocenters. The van der Waals surface area contributed by atoms with Crippen LogP contribution in [0.15, 0.2) is 36.1 Å². The Balaban J connectivity index is 2.35. The second-order valence-electron chi connectivity index (χ2n) is 4.55. The molecule has 0 amide bonds. The molecular weight excluding hydrogens is 244 g/mol. The lowest BCUT2D eigenvalue weighted by Crippen LogP contribution is -2.30.